The number of aromatic nitrogens is 1. The minimum absolute atomic E-state index is 0.227. The van der Waals surface area contributed by atoms with E-state index in [2.05, 4.69) is 15.3 Å². The van der Waals surface area contributed by atoms with Gasteiger partial charge in [-0.25, -0.2) is 14.8 Å². The number of benzene rings is 3. The molecule has 0 radical (unpaired) electrons. The Morgan fingerprint density at radius 3 is 2.52 bits per heavy atom. The first-order chi connectivity index (χ1) is 15.1. The van der Waals surface area contributed by atoms with Crippen LogP contribution in [0.15, 0.2) is 83.2 Å². The Kier molecular flexibility index (Phi) is 6.05. The maximum Gasteiger partial charge on any atom is 0.337 e. The fourth-order valence-corrected chi connectivity index (χ4v) is 3.60. The number of aliphatic imine (C=N–C) groups is 1. The molecule has 0 bridgehead atoms. The van der Waals surface area contributed by atoms with Crippen LogP contribution in [0.25, 0.3) is 11.3 Å². The molecule has 0 spiro atoms. The molecule has 31 heavy (non-hydrogen) atoms. The highest BCUT2D eigenvalue weighted by molar-refractivity contribution is 7.13. The molecule has 0 atom stereocenters. The molecule has 0 aliphatic heterocycles. The van der Waals surface area contributed by atoms with E-state index in [0.29, 0.717) is 10.8 Å². The number of rotatable bonds is 7. The van der Waals surface area contributed by atoms with Crippen molar-refractivity contribution in [3.63, 3.8) is 0 Å². The van der Waals surface area contributed by atoms with E-state index in [1.807, 2.05) is 53.9 Å². The van der Waals surface area contributed by atoms with Crippen molar-refractivity contribution in [1.82, 2.24) is 4.98 Å². The Morgan fingerprint density at radius 2 is 1.81 bits per heavy atom. The van der Waals surface area contributed by atoms with Crippen molar-refractivity contribution in [2.24, 2.45) is 4.99 Å². The Balaban J connectivity index is 1.46. The summed E-state index contributed by atoms with van der Waals surface area (Å²) in [6.07, 6.45) is 1.77. The number of methoxy groups -OCH3 is 1. The summed E-state index contributed by atoms with van der Waals surface area (Å²) in [5.41, 5.74) is 4.33. The maximum absolute atomic E-state index is 11.4. The largest absolute Gasteiger partial charge is 0.497 e. The number of ether oxygens (including phenoxy) is 1. The lowest BCUT2D eigenvalue weighted by molar-refractivity contribution is 0.0698. The molecule has 0 unspecified atom stereocenters. The van der Waals surface area contributed by atoms with Gasteiger partial charge in [0.15, 0.2) is 0 Å². The van der Waals surface area contributed by atoms with Gasteiger partial charge in [-0.1, -0.05) is 24.3 Å². The standard InChI is InChI=1S/C24H19N3O3S/c1-30-19-12-6-16(7-13-19)14-25-24-27-22(15-31-24)17-8-10-18(11-9-17)26-21-5-3-2-4-20(21)23(28)29/h2-15,26H,1H3,(H,28,29)/b25-14+. The first-order valence-corrected chi connectivity index (χ1v) is 10.3. The van der Waals surface area contributed by atoms with E-state index in [9.17, 15) is 9.90 Å². The van der Waals surface area contributed by atoms with Gasteiger partial charge in [-0.05, 0) is 54.1 Å². The van der Waals surface area contributed by atoms with E-state index in [1.54, 1.807) is 37.6 Å². The number of anilines is 2. The van der Waals surface area contributed by atoms with Gasteiger partial charge in [0.1, 0.15) is 5.75 Å². The fraction of sp³-hybridized carbons (Fsp3) is 0.0417. The number of nitrogens with one attached hydrogen (secondary N) is 1. The zero-order chi connectivity index (χ0) is 21.6. The lowest BCUT2D eigenvalue weighted by Gasteiger charge is -2.09. The molecular formula is C24H19N3O3S. The van der Waals surface area contributed by atoms with Gasteiger partial charge >= 0.3 is 5.97 Å². The molecular weight excluding hydrogens is 410 g/mol. The van der Waals surface area contributed by atoms with Gasteiger partial charge in [-0.3, -0.25) is 0 Å². The third-order valence-electron chi connectivity index (χ3n) is 4.55. The molecule has 3 aromatic carbocycles. The smallest absolute Gasteiger partial charge is 0.337 e. The Labute approximate surface area is 183 Å². The van der Waals surface area contributed by atoms with E-state index in [0.717, 1.165) is 28.3 Å². The zero-order valence-corrected chi connectivity index (χ0v) is 17.5. The molecule has 1 aromatic heterocycles. The minimum Gasteiger partial charge on any atom is -0.497 e. The van der Waals surface area contributed by atoms with E-state index < -0.39 is 5.97 Å². The van der Waals surface area contributed by atoms with Crippen molar-refractivity contribution in [3.05, 3.63) is 89.3 Å². The Hall–Kier alpha value is -3.97. The van der Waals surface area contributed by atoms with E-state index in [1.165, 1.54) is 11.3 Å². The average Bonchev–Trinajstić information content (AvgIpc) is 3.28. The first kappa shape index (κ1) is 20.3. The molecule has 0 aliphatic carbocycles. The summed E-state index contributed by atoms with van der Waals surface area (Å²) >= 11 is 1.47. The predicted molar refractivity (Wildman–Crippen MR) is 124 cm³/mol. The van der Waals surface area contributed by atoms with Crippen LogP contribution in [0.3, 0.4) is 0 Å². The van der Waals surface area contributed by atoms with E-state index >= 15 is 0 Å². The zero-order valence-electron chi connectivity index (χ0n) is 16.6. The molecule has 7 heteroatoms. The van der Waals surface area contributed by atoms with Crippen molar-refractivity contribution in [1.29, 1.82) is 0 Å². The molecule has 2 N–H and O–H groups in total. The molecule has 0 saturated carbocycles. The minimum atomic E-state index is -0.968. The fourth-order valence-electron chi connectivity index (χ4n) is 2.93. The molecule has 0 amide bonds. The van der Waals surface area contributed by atoms with Crippen molar-refractivity contribution >= 4 is 40.0 Å². The van der Waals surface area contributed by atoms with Crippen LogP contribution in [0.1, 0.15) is 15.9 Å². The normalized spacial score (nSPS) is 10.9. The number of thiazole rings is 1. The van der Waals surface area contributed by atoms with Gasteiger partial charge in [0.2, 0.25) is 5.13 Å². The number of hydrogen-bond donors (Lipinski definition) is 2. The summed E-state index contributed by atoms with van der Waals surface area (Å²) in [4.78, 5) is 20.4. The molecule has 1 heterocycles. The molecule has 4 aromatic rings. The van der Waals surface area contributed by atoms with Gasteiger partial charge in [-0.2, -0.15) is 0 Å². The second-order valence-electron chi connectivity index (χ2n) is 6.60. The number of carboxylic acid groups (broad SMARTS) is 1. The molecule has 0 saturated heterocycles. The molecule has 0 fully saturated rings. The number of nitrogens with zero attached hydrogens (tertiary/aromatic N) is 2. The number of hydrogen-bond acceptors (Lipinski definition) is 6. The van der Waals surface area contributed by atoms with Crippen LogP contribution < -0.4 is 10.1 Å². The first-order valence-electron chi connectivity index (χ1n) is 9.46. The third kappa shape index (κ3) is 4.96. The second kappa shape index (κ2) is 9.23. The summed E-state index contributed by atoms with van der Waals surface area (Å²) in [5, 5.41) is 15.1. The van der Waals surface area contributed by atoms with Crippen molar-refractivity contribution in [2.45, 2.75) is 0 Å². The Bertz CT molecular complexity index is 1220. The van der Waals surface area contributed by atoms with Crippen LogP contribution >= 0.6 is 11.3 Å². The van der Waals surface area contributed by atoms with E-state index in [4.69, 9.17) is 4.74 Å². The summed E-state index contributed by atoms with van der Waals surface area (Å²) < 4.78 is 5.16. The number of aromatic carboxylic acids is 1. The number of para-hydroxylation sites is 1. The van der Waals surface area contributed by atoms with Gasteiger partial charge in [0.05, 0.1) is 24.1 Å². The highest BCUT2D eigenvalue weighted by Gasteiger charge is 2.09. The summed E-state index contributed by atoms with van der Waals surface area (Å²) in [7, 11) is 1.64. The molecule has 4 rings (SSSR count). The van der Waals surface area contributed by atoms with Crippen molar-refractivity contribution < 1.29 is 14.6 Å². The lowest BCUT2D eigenvalue weighted by atomic mass is 10.1. The van der Waals surface area contributed by atoms with Crippen LogP contribution in [-0.4, -0.2) is 29.4 Å². The highest BCUT2D eigenvalue weighted by Crippen LogP contribution is 2.29. The van der Waals surface area contributed by atoms with Crippen LogP contribution in [0.2, 0.25) is 0 Å². The van der Waals surface area contributed by atoms with Crippen LogP contribution in [0, 0.1) is 0 Å². The molecule has 154 valence electrons. The van der Waals surface area contributed by atoms with Crippen molar-refractivity contribution in [2.75, 3.05) is 12.4 Å². The van der Waals surface area contributed by atoms with Crippen molar-refractivity contribution in [3.8, 4) is 17.0 Å². The van der Waals surface area contributed by atoms with Gasteiger partial charge in [0, 0.05) is 22.8 Å². The van der Waals surface area contributed by atoms with Crippen LogP contribution in [0.4, 0.5) is 16.5 Å². The number of carbonyl (C=O) groups is 1. The third-order valence-corrected chi connectivity index (χ3v) is 5.30. The van der Waals surface area contributed by atoms with Gasteiger partial charge in [0.25, 0.3) is 0 Å². The predicted octanol–water partition coefficient (Wildman–Crippen LogP) is 6.01. The van der Waals surface area contributed by atoms with Crippen LogP contribution in [0.5, 0.6) is 5.75 Å². The second-order valence-corrected chi connectivity index (χ2v) is 7.44. The highest BCUT2D eigenvalue weighted by atomic mass is 32.1. The monoisotopic (exact) mass is 429 g/mol. The van der Waals surface area contributed by atoms with Gasteiger partial charge in [-0.15, -0.1) is 11.3 Å². The molecule has 6 nitrogen and oxygen atoms in total. The lowest BCUT2D eigenvalue weighted by Crippen LogP contribution is -2.02. The van der Waals surface area contributed by atoms with Gasteiger partial charge < -0.3 is 15.2 Å². The SMILES string of the molecule is COc1ccc(/C=N/c2nc(-c3ccc(Nc4ccccc4C(=O)O)cc3)cs2)cc1. The molecule has 0 aliphatic rings. The number of carboxylic acids is 1. The summed E-state index contributed by atoms with van der Waals surface area (Å²) in [6.45, 7) is 0. The summed E-state index contributed by atoms with van der Waals surface area (Å²) in [5.74, 6) is -0.164. The Morgan fingerprint density at radius 1 is 1.06 bits per heavy atom. The topological polar surface area (TPSA) is 83.8 Å². The van der Waals surface area contributed by atoms with E-state index in [-0.39, 0.29) is 5.56 Å². The maximum atomic E-state index is 11.4. The average molecular weight is 430 g/mol. The van der Waals surface area contributed by atoms with Crippen LogP contribution in [-0.2, 0) is 0 Å². The summed E-state index contributed by atoms with van der Waals surface area (Å²) in [6, 6.07) is 22.1. The quantitative estimate of drug-likeness (QED) is 0.351.